The molecule has 3 aromatic rings. The molecule has 146 valence electrons. The van der Waals surface area contributed by atoms with Crippen LogP contribution < -0.4 is 15.5 Å². The van der Waals surface area contributed by atoms with Gasteiger partial charge in [0.2, 0.25) is 5.89 Å². The first-order chi connectivity index (χ1) is 13.8. The van der Waals surface area contributed by atoms with Crippen LogP contribution in [0.25, 0.3) is 10.8 Å². The number of rotatable bonds is 6. The lowest BCUT2D eigenvalue weighted by molar-refractivity contribution is 0.574. The zero-order chi connectivity index (χ0) is 19.2. The second-order valence-corrected chi connectivity index (χ2v) is 7.68. The number of anilines is 1. The Bertz CT molecular complexity index is 891. The summed E-state index contributed by atoms with van der Waals surface area (Å²) in [6.07, 6.45) is 2.78. The van der Waals surface area contributed by atoms with E-state index in [2.05, 4.69) is 57.8 Å². The van der Waals surface area contributed by atoms with Crippen molar-refractivity contribution in [3.05, 3.63) is 59.8 Å². The van der Waals surface area contributed by atoms with Crippen molar-refractivity contribution in [3.8, 4) is 10.8 Å². The van der Waals surface area contributed by atoms with E-state index in [4.69, 9.17) is 9.41 Å². The molecule has 6 nitrogen and oxygen atoms in total. The molecule has 0 radical (unpaired) electrons. The number of nitrogens with one attached hydrogen (secondary N) is 2. The third kappa shape index (κ3) is 4.54. The SMILES string of the molecule is CCNC(=NCc1coc(-c2cccs2)n1)NC1CCN(c2ccccc2)C1. The third-order valence-electron chi connectivity index (χ3n) is 4.68. The van der Waals surface area contributed by atoms with Gasteiger partial charge in [0.25, 0.3) is 0 Å². The second kappa shape index (κ2) is 8.93. The monoisotopic (exact) mass is 395 g/mol. The smallest absolute Gasteiger partial charge is 0.236 e. The Hall–Kier alpha value is -2.80. The van der Waals surface area contributed by atoms with Crippen molar-refractivity contribution in [2.45, 2.75) is 25.9 Å². The van der Waals surface area contributed by atoms with Crippen LogP contribution in [0.3, 0.4) is 0 Å². The van der Waals surface area contributed by atoms with Crippen LogP contribution in [-0.4, -0.2) is 36.6 Å². The van der Waals surface area contributed by atoms with Gasteiger partial charge in [0, 0.05) is 31.4 Å². The summed E-state index contributed by atoms with van der Waals surface area (Å²) >= 11 is 1.62. The minimum absolute atomic E-state index is 0.372. The number of hydrogen-bond donors (Lipinski definition) is 2. The number of benzene rings is 1. The summed E-state index contributed by atoms with van der Waals surface area (Å²) in [6, 6.07) is 14.9. The number of hydrogen-bond acceptors (Lipinski definition) is 5. The van der Waals surface area contributed by atoms with E-state index in [9.17, 15) is 0 Å². The quantitative estimate of drug-likeness (QED) is 0.492. The molecule has 0 spiro atoms. The van der Waals surface area contributed by atoms with E-state index < -0.39 is 0 Å². The van der Waals surface area contributed by atoms with E-state index in [1.54, 1.807) is 17.6 Å². The van der Waals surface area contributed by atoms with E-state index in [-0.39, 0.29) is 0 Å². The summed E-state index contributed by atoms with van der Waals surface area (Å²) in [6.45, 7) is 5.40. The summed E-state index contributed by atoms with van der Waals surface area (Å²) in [5, 5.41) is 8.91. The highest BCUT2D eigenvalue weighted by Crippen LogP contribution is 2.24. The minimum atomic E-state index is 0.372. The molecule has 1 aliphatic heterocycles. The van der Waals surface area contributed by atoms with Gasteiger partial charge in [0.1, 0.15) is 12.0 Å². The zero-order valence-electron chi connectivity index (χ0n) is 16.0. The Morgan fingerprint density at radius 2 is 2.18 bits per heavy atom. The van der Waals surface area contributed by atoms with Crippen LogP contribution in [0.1, 0.15) is 19.0 Å². The van der Waals surface area contributed by atoms with E-state index >= 15 is 0 Å². The van der Waals surface area contributed by atoms with Crippen molar-refractivity contribution in [1.82, 2.24) is 15.6 Å². The summed E-state index contributed by atoms with van der Waals surface area (Å²) < 4.78 is 5.58. The topological polar surface area (TPSA) is 65.7 Å². The number of oxazole rings is 1. The second-order valence-electron chi connectivity index (χ2n) is 6.73. The highest BCUT2D eigenvalue weighted by atomic mass is 32.1. The van der Waals surface area contributed by atoms with Gasteiger partial charge in [-0.3, -0.25) is 0 Å². The Balaban J connectivity index is 1.36. The molecule has 2 N–H and O–H groups in total. The highest BCUT2D eigenvalue weighted by molar-refractivity contribution is 7.13. The van der Waals surface area contributed by atoms with Crippen molar-refractivity contribution in [1.29, 1.82) is 0 Å². The molecule has 1 unspecified atom stereocenters. The Morgan fingerprint density at radius 1 is 1.29 bits per heavy atom. The molecule has 0 bridgehead atoms. The van der Waals surface area contributed by atoms with Gasteiger partial charge in [-0.1, -0.05) is 24.3 Å². The van der Waals surface area contributed by atoms with Crippen molar-refractivity contribution < 1.29 is 4.42 Å². The lowest BCUT2D eigenvalue weighted by atomic mass is 10.3. The average Bonchev–Trinajstić information content (AvgIpc) is 3.48. The Morgan fingerprint density at radius 3 is 2.96 bits per heavy atom. The minimum Gasteiger partial charge on any atom is -0.443 e. The normalized spacial score (nSPS) is 17.1. The lowest BCUT2D eigenvalue weighted by Crippen LogP contribution is -2.44. The number of para-hydroxylation sites is 1. The van der Waals surface area contributed by atoms with Crippen molar-refractivity contribution in [2.24, 2.45) is 4.99 Å². The molecule has 2 aromatic heterocycles. The van der Waals surface area contributed by atoms with Gasteiger partial charge in [0.15, 0.2) is 5.96 Å². The van der Waals surface area contributed by atoms with Crippen molar-refractivity contribution in [3.63, 3.8) is 0 Å². The third-order valence-corrected chi connectivity index (χ3v) is 5.54. The molecule has 1 aliphatic rings. The van der Waals surface area contributed by atoms with Gasteiger partial charge in [-0.15, -0.1) is 11.3 Å². The molecule has 1 fully saturated rings. The van der Waals surface area contributed by atoms with Gasteiger partial charge < -0.3 is 20.0 Å². The Labute approximate surface area is 169 Å². The van der Waals surface area contributed by atoms with Crippen LogP contribution in [0.2, 0.25) is 0 Å². The first kappa shape index (κ1) is 18.6. The molecule has 0 aliphatic carbocycles. The van der Waals surface area contributed by atoms with E-state index in [1.165, 1.54) is 5.69 Å². The largest absolute Gasteiger partial charge is 0.443 e. The summed E-state index contributed by atoms with van der Waals surface area (Å²) in [5.74, 6) is 1.48. The van der Waals surface area contributed by atoms with Crippen molar-refractivity contribution in [2.75, 3.05) is 24.5 Å². The predicted molar refractivity (Wildman–Crippen MR) is 115 cm³/mol. The lowest BCUT2D eigenvalue weighted by Gasteiger charge is -2.20. The predicted octanol–water partition coefficient (Wildman–Crippen LogP) is 3.74. The fourth-order valence-corrected chi connectivity index (χ4v) is 3.97. The first-order valence-corrected chi connectivity index (χ1v) is 10.5. The summed E-state index contributed by atoms with van der Waals surface area (Å²) in [7, 11) is 0. The molecule has 1 saturated heterocycles. The first-order valence-electron chi connectivity index (χ1n) is 9.65. The van der Waals surface area contributed by atoms with E-state index in [0.717, 1.165) is 42.6 Å². The standard InChI is InChI=1S/C21H25N5OS/c1-2-22-21(23-13-17-15-27-20(24-17)19-9-6-12-28-19)25-16-10-11-26(14-16)18-7-4-3-5-8-18/h3-9,12,15-16H,2,10-11,13-14H2,1H3,(H2,22,23,25). The zero-order valence-corrected chi connectivity index (χ0v) is 16.8. The number of guanidine groups is 1. The molecular weight excluding hydrogens is 370 g/mol. The number of thiophene rings is 1. The molecule has 7 heteroatoms. The maximum atomic E-state index is 5.58. The molecule has 1 aromatic carbocycles. The van der Waals surface area contributed by atoms with Crippen LogP contribution in [-0.2, 0) is 6.54 Å². The van der Waals surface area contributed by atoms with Gasteiger partial charge in [-0.25, -0.2) is 9.98 Å². The Kier molecular flexibility index (Phi) is 5.92. The average molecular weight is 396 g/mol. The molecule has 0 amide bonds. The van der Waals surface area contributed by atoms with Gasteiger partial charge in [-0.2, -0.15) is 0 Å². The molecule has 4 rings (SSSR count). The van der Waals surface area contributed by atoms with Crippen molar-refractivity contribution >= 4 is 23.0 Å². The molecular formula is C21H25N5OS. The van der Waals surface area contributed by atoms with Crippen LogP contribution in [0, 0.1) is 0 Å². The summed E-state index contributed by atoms with van der Waals surface area (Å²) in [5.41, 5.74) is 2.11. The molecule has 0 saturated carbocycles. The van der Waals surface area contributed by atoms with E-state index in [0.29, 0.717) is 18.5 Å². The van der Waals surface area contributed by atoms with Crippen LogP contribution >= 0.6 is 11.3 Å². The number of aliphatic imine (C=N–C) groups is 1. The maximum Gasteiger partial charge on any atom is 0.236 e. The van der Waals surface area contributed by atoms with Crippen LogP contribution in [0.5, 0.6) is 0 Å². The summed E-state index contributed by atoms with van der Waals surface area (Å²) in [4.78, 5) is 12.7. The molecule has 28 heavy (non-hydrogen) atoms. The van der Waals surface area contributed by atoms with Gasteiger partial charge in [-0.05, 0) is 36.9 Å². The maximum absolute atomic E-state index is 5.58. The molecule has 1 atom stereocenters. The fraction of sp³-hybridized carbons (Fsp3) is 0.333. The number of nitrogens with zero attached hydrogens (tertiary/aromatic N) is 3. The van der Waals surface area contributed by atoms with Crippen LogP contribution in [0.4, 0.5) is 5.69 Å². The number of aromatic nitrogens is 1. The van der Waals surface area contributed by atoms with E-state index in [1.807, 2.05) is 17.5 Å². The fourth-order valence-electron chi connectivity index (χ4n) is 3.32. The molecule has 3 heterocycles. The highest BCUT2D eigenvalue weighted by Gasteiger charge is 2.23. The van der Waals surface area contributed by atoms with Gasteiger partial charge >= 0.3 is 0 Å². The van der Waals surface area contributed by atoms with Crippen LogP contribution in [0.15, 0.2) is 63.5 Å². The van der Waals surface area contributed by atoms with Gasteiger partial charge in [0.05, 0.1) is 11.4 Å².